The molecule has 0 aliphatic rings. The summed E-state index contributed by atoms with van der Waals surface area (Å²) in [7, 11) is 2.49. The number of hydrogen-bond donors (Lipinski definition) is 0. The quantitative estimate of drug-likeness (QED) is 0.247. The Kier molecular flexibility index (Phi) is 12.6. The van der Waals surface area contributed by atoms with Crippen LogP contribution in [0.5, 0.6) is 0 Å². The van der Waals surface area contributed by atoms with Gasteiger partial charge in [0.1, 0.15) is 17.4 Å². The van der Waals surface area contributed by atoms with Gasteiger partial charge in [-0.05, 0) is 33.1 Å². The van der Waals surface area contributed by atoms with Gasteiger partial charge < -0.3 is 4.74 Å². The highest BCUT2D eigenvalue weighted by Crippen LogP contribution is 2.37. The van der Waals surface area contributed by atoms with Crippen molar-refractivity contribution in [1.29, 1.82) is 0 Å². The maximum atomic E-state index is 14.2. The van der Waals surface area contributed by atoms with Crippen LogP contribution in [0.3, 0.4) is 0 Å². The number of allylic oxidation sites excluding steroid dienone is 6. The highest BCUT2D eigenvalue weighted by molar-refractivity contribution is 14.2. The fourth-order valence-corrected chi connectivity index (χ4v) is 2.61. The number of rotatable bonds is 7. The Bertz CT molecular complexity index is 491. The van der Waals surface area contributed by atoms with E-state index in [0.717, 1.165) is 15.0 Å². The minimum Gasteiger partial charge on any atom is -0.496 e. The van der Waals surface area contributed by atoms with Gasteiger partial charge in [0.15, 0.2) is 0 Å². The van der Waals surface area contributed by atoms with Crippen LogP contribution in [-0.2, 0) is 4.74 Å². The van der Waals surface area contributed by atoms with Crippen molar-refractivity contribution in [3.8, 4) is 0 Å². The molecule has 0 aromatic carbocycles. The van der Waals surface area contributed by atoms with Crippen molar-refractivity contribution in [1.82, 2.24) is 0 Å². The van der Waals surface area contributed by atoms with Crippen LogP contribution in [0, 0.1) is 0 Å². The smallest absolute Gasteiger partial charge is 0.148 e. The number of methoxy groups -OCH3 is 1. The van der Waals surface area contributed by atoms with Gasteiger partial charge in [-0.3, -0.25) is 0 Å². The molecule has 0 spiro atoms. The number of halogens is 3. The van der Waals surface area contributed by atoms with Crippen LogP contribution >= 0.6 is 30.1 Å². The molecule has 0 rings (SSSR count). The lowest BCUT2D eigenvalue weighted by atomic mass is 10.1. The fourth-order valence-electron chi connectivity index (χ4n) is 0.933. The molecule has 5 heteroatoms. The zero-order valence-corrected chi connectivity index (χ0v) is 15.8. The second-order valence-corrected chi connectivity index (χ2v) is 5.51. The van der Waals surface area contributed by atoms with Crippen molar-refractivity contribution >= 4 is 30.1 Å². The minimum atomic E-state index is -0.637. The van der Waals surface area contributed by atoms with Gasteiger partial charge in [0.05, 0.1) is 12.0 Å². The van der Waals surface area contributed by atoms with Gasteiger partial charge >= 0.3 is 0 Å². The second kappa shape index (κ2) is 11.8. The van der Waals surface area contributed by atoms with Gasteiger partial charge in [-0.1, -0.05) is 40.2 Å². The summed E-state index contributed by atoms with van der Waals surface area (Å²) < 4.78 is 32.4. The molecular formula is C16H21F2IOS. The SMILES string of the molecule is C=C(/C=C(/F)C(=C)C)C(=C)/C(F)=C(/SI)C(=C)OC.CC. The summed E-state index contributed by atoms with van der Waals surface area (Å²) in [5, 5.41) is 0. The lowest BCUT2D eigenvalue weighted by Gasteiger charge is -2.10. The van der Waals surface area contributed by atoms with Gasteiger partial charge in [-0.15, -0.1) is 0 Å². The van der Waals surface area contributed by atoms with E-state index in [1.54, 1.807) is 0 Å². The molecule has 0 atom stereocenters. The molecule has 0 aromatic heterocycles. The largest absolute Gasteiger partial charge is 0.496 e. The summed E-state index contributed by atoms with van der Waals surface area (Å²) in [6.45, 7) is 19.7. The molecule has 1 nitrogen and oxygen atoms in total. The van der Waals surface area contributed by atoms with Gasteiger partial charge in [0.2, 0.25) is 0 Å². The first-order valence-electron chi connectivity index (χ1n) is 6.09. The maximum Gasteiger partial charge on any atom is 0.148 e. The maximum absolute atomic E-state index is 14.2. The molecule has 0 bridgehead atoms. The van der Waals surface area contributed by atoms with Crippen molar-refractivity contribution in [2.45, 2.75) is 20.8 Å². The Morgan fingerprint density at radius 3 is 1.95 bits per heavy atom. The lowest BCUT2D eigenvalue weighted by molar-refractivity contribution is 0.305. The van der Waals surface area contributed by atoms with Gasteiger partial charge in [0.25, 0.3) is 0 Å². The van der Waals surface area contributed by atoms with Crippen LogP contribution in [-0.4, -0.2) is 7.11 Å². The average molecular weight is 426 g/mol. The Balaban J connectivity index is 0. The monoisotopic (exact) mass is 426 g/mol. The van der Waals surface area contributed by atoms with Crippen molar-refractivity contribution in [2.75, 3.05) is 7.11 Å². The van der Waals surface area contributed by atoms with E-state index in [-0.39, 0.29) is 27.4 Å². The van der Waals surface area contributed by atoms with Crippen LogP contribution in [0.1, 0.15) is 20.8 Å². The summed E-state index contributed by atoms with van der Waals surface area (Å²) in [4.78, 5) is 0.193. The summed E-state index contributed by atoms with van der Waals surface area (Å²) in [6, 6.07) is 0. The van der Waals surface area contributed by atoms with E-state index < -0.39 is 11.7 Å². The van der Waals surface area contributed by atoms with Crippen LogP contribution in [0.25, 0.3) is 0 Å². The second-order valence-electron chi connectivity index (χ2n) is 3.62. The third-order valence-corrected chi connectivity index (χ3v) is 4.02. The Hall–Kier alpha value is -0.820. The average Bonchev–Trinajstić information content (AvgIpc) is 2.48. The van der Waals surface area contributed by atoms with Crippen LogP contribution in [0.2, 0.25) is 0 Å². The normalized spacial score (nSPS) is 11.7. The van der Waals surface area contributed by atoms with Gasteiger partial charge in [-0.2, -0.15) is 0 Å². The van der Waals surface area contributed by atoms with Crippen molar-refractivity contribution in [3.05, 3.63) is 71.4 Å². The standard InChI is InChI=1S/C14H15F2IOS.C2H6/c1-8(2)12(15)7-9(3)10(4)13(16)14(19-17)11(5)18-6;1-2/h7H,1,3-5H2,2,6H3;1-2H3/b12-7+,14-13-;. The van der Waals surface area contributed by atoms with E-state index in [4.69, 9.17) is 4.74 Å². The van der Waals surface area contributed by atoms with E-state index in [0.29, 0.717) is 0 Å². The predicted molar refractivity (Wildman–Crippen MR) is 99.5 cm³/mol. The van der Waals surface area contributed by atoms with Crippen LogP contribution in [0.4, 0.5) is 8.78 Å². The zero-order valence-electron chi connectivity index (χ0n) is 12.9. The van der Waals surface area contributed by atoms with E-state index >= 15 is 0 Å². The Morgan fingerprint density at radius 1 is 1.14 bits per heavy atom. The Morgan fingerprint density at radius 2 is 1.62 bits per heavy atom. The minimum absolute atomic E-state index is 0.0197. The third kappa shape index (κ3) is 7.66. The zero-order chi connectivity index (χ0) is 17.2. The number of ether oxygens (including phenoxy) is 1. The molecule has 0 heterocycles. The molecule has 0 saturated carbocycles. The fraction of sp³-hybridized carbons (Fsp3) is 0.250. The van der Waals surface area contributed by atoms with E-state index in [2.05, 4.69) is 26.3 Å². The first-order chi connectivity index (χ1) is 9.76. The summed E-state index contributed by atoms with van der Waals surface area (Å²) in [5.74, 6) is -1.02. The molecule has 118 valence electrons. The molecule has 0 aliphatic carbocycles. The molecule has 21 heavy (non-hydrogen) atoms. The van der Waals surface area contributed by atoms with Crippen LogP contribution in [0.15, 0.2) is 71.4 Å². The molecule has 0 saturated heterocycles. The molecule has 0 fully saturated rings. The first-order valence-corrected chi connectivity index (χ1v) is 9.45. The van der Waals surface area contributed by atoms with E-state index in [1.807, 2.05) is 35.1 Å². The van der Waals surface area contributed by atoms with Crippen LogP contribution < -0.4 is 0 Å². The molecule has 0 N–H and O–H groups in total. The van der Waals surface area contributed by atoms with Gasteiger partial charge in [0, 0.05) is 26.8 Å². The molecule has 0 amide bonds. The lowest BCUT2D eigenvalue weighted by Crippen LogP contribution is -1.94. The molecule has 0 unspecified atom stereocenters. The topological polar surface area (TPSA) is 9.23 Å². The van der Waals surface area contributed by atoms with Crippen molar-refractivity contribution in [2.24, 2.45) is 0 Å². The van der Waals surface area contributed by atoms with Crippen molar-refractivity contribution < 1.29 is 13.5 Å². The highest BCUT2D eigenvalue weighted by Gasteiger charge is 2.15. The summed E-state index contributed by atoms with van der Waals surface area (Å²) in [5.41, 5.74) is 0.349. The Labute approximate surface area is 142 Å². The van der Waals surface area contributed by atoms with Gasteiger partial charge in [-0.25, -0.2) is 8.78 Å². The molecule has 0 aliphatic heterocycles. The summed E-state index contributed by atoms with van der Waals surface area (Å²) >= 11 is 1.90. The number of hydrogen-bond acceptors (Lipinski definition) is 2. The highest BCUT2D eigenvalue weighted by atomic mass is 127. The molecule has 0 aromatic rings. The summed E-state index contributed by atoms with van der Waals surface area (Å²) in [6.07, 6.45) is 1.09. The van der Waals surface area contributed by atoms with E-state index in [9.17, 15) is 8.78 Å². The third-order valence-electron chi connectivity index (χ3n) is 2.14. The van der Waals surface area contributed by atoms with Crippen molar-refractivity contribution in [3.63, 3.8) is 0 Å². The predicted octanol–water partition coefficient (Wildman–Crippen LogP) is 6.98. The molecular weight excluding hydrogens is 405 g/mol. The van der Waals surface area contributed by atoms with E-state index in [1.165, 1.54) is 14.0 Å². The first kappa shape index (κ1) is 22.5. The molecule has 0 radical (unpaired) electrons.